The molecule has 0 fully saturated rings. The molecule has 12 nitrogen and oxygen atoms in total. The third-order valence-corrected chi connectivity index (χ3v) is 0.805. The Balaban J connectivity index is -0.0000000193. The van der Waals surface area contributed by atoms with Crippen molar-refractivity contribution in [2.45, 2.75) is 12.2 Å². The SMILES string of the molecule is O.O.O.O.O.O.O=C(O)C(O)C(O)C(=O)O.[BiH3]. The molecular formula is C4H21BiO12. The van der Waals surface area contributed by atoms with Gasteiger partial charge in [-0.1, -0.05) is 0 Å². The maximum absolute atomic E-state index is 9.77. The van der Waals surface area contributed by atoms with Gasteiger partial charge in [-0.2, -0.15) is 0 Å². The molecule has 16 N–H and O–H groups in total. The number of aliphatic hydroxyl groups excluding tert-OH is 2. The summed E-state index contributed by atoms with van der Waals surface area (Å²) in [6.07, 6.45) is -4.53. The fourth-order valence-corrected chi connectivity index (χ4v) is 0.270. The molecule has 0 aromatic rings. The van der Waals surface area contributed by atoms with Crippen LogP contribution in [0.2, 0.25) is 0 Å². The van der Waals surface area contributed by atoms with E-state index >= 15 is 0 Å². The van der Waals surface area contributed by atoms with Crippen molar-refractivity contribution >= 4 is 38.1 Å². The van der Waals surface area contributed by atoms with E-state index in [4.69, 9.17) is 20.4 Å². The Morgan fingerprint density at radius 1 is 0.647 bits per heavy atom. The second kappa shape index (κ2) is 24.6. The minimum atomic E-state index is -2.27. The Bertz CT molecular complexity index is 143. The molecule has 114 valence electrons. The molecule has 0 heterocycles. The standard InChI is InChI=1S/C4H6O6.Bi.6H2O.3H/c5-1(3(7)8)2(6)4(9)10;;;;;;;;;;/h1-2,5-6H,(H,7,8)(H,9,10);;6*1H2;;;. The summed E-state index contributed by atoms with van der Waals surface area (Å²) in [7, 11) is 0. The van der Waals surface area contributed by atoms with Gasteiger partial charge in [0.2, 0.25) is 0 Å². The topological polar surface area (TPSA) is 304 Å². The van der Waals surface area contributed by atoms with E-state index < -0.39 is 24.1 Å². The Morgan fingerprint density at radius 2 is 0.765 bits per heavy atom. The van der Waals surface area contributed by atoms with Crippen LogP contribution in [0.15, 0.2) is 0 Å². The molecular weight excluding hydrogens is 449 g/mol. The molecule has 0 amide bonds. The van der Waals surface area contributed by atoms with E-state index in [9.17, 15) is 9.59 Å². The zero-order valence-corrected chi connectivity index (χ0v) is 14.0. The van der Waals surface area contributed by atoms with E-state index in [2.05, 4.69) is 0 Å². The predicted octanol–water partition coefficient (Wildman–Crippen LogP) is -8.25. The number of aliphatic carboxylic acids is 2. The number of hydrogen-bond acceptors (Lipinski definition) is 4. The molecule has 2 unspecified atom stereocenters. The molecule has 13 heteroatoms. The van der Waals surface area contributed by atoms with Crippen LogP contribution in [0.4, 0.5) is 0 Å². The van der Waals surface area contributed by atoms with Gasteiger partial charge in [-0.05, 0) is 0 Å². The first-order chi connectivity index (χ1) is 4.46. The summed E-state index contributed by atoms with van der Waals surface area (Å²) in [4.78, 5) is 19.5. The number of aliphatic hydroxyl groups is 2. The van der Waals surface area contributed by atoms with Gasteiger partial charge in [-0.15, -0.1) is 0 Å². The third-order valence-electron chi connectivity index (χ3n) is 0.805. The first kappa shape index (κ1) is 54.9. The van der Waals surface area contributed by atoms with Crippen molar-refractivity contribution in [3.63, 3.8) is 0 Å². The van der Waals surface area contributed by atoms with Crippen LogP contribution < -0.4 is 0 Å². The summed E-state index contributed by atoms with van der Waals surface area (Å²) in [6, 6.07) is 0. The molecule has 0 aliphatic carbocycles. The van der Waals surface area contributed by atoms with Crippen molar-refractivity contribution in [2.75, 3.05) is 0 Å². The van der Waals surface area contributed by atoms with Gasteiger partial charge in [0, 0.05) is 0 Å². The van der Waals surface area contributed by atoms with Crippen LogP contribution in [0.1, 0.15) is 0 Å². The summed E-state index contributed by atoms with van der Waals surface area (Å²) in [5.74, 6) is -3.54. The zero-order valence-electron chi connectivity index (χ0n) is 8.47. The van der Waals surface area contributed by atoms with Crippen molar-refractivity contribution < 1.29 is 62.9 Å². The number of hydrogen-bond donors (Lipinski definition) is 4. The summed E-state index contributed by atoms with van der Waals surface area (Å²) in [5.41, 5.74) is 0. The van der Waals surface area contributed by atoms with Crippen molar-refractivity contribution in [2.24, 2.45) is 0 Å². The number of carbonyl (C=O) groups is 2. The molecule has 0 spiro atoms. The van der Waals surface area contributed by atoms with E-state index in [0.717, 1.165) is 0 Å². The summed E-state index contributed by atoms with van der Waals surface area (Å²) in [6.45, 7) is 0. The second-order valence-electron chi connectivity index (χ2n) is 1.57. The predicted molar refractivity (Wildman–Crippen MR) is 58.9 cm³/mol. The van der Waals surface area contributed by atoms with Crippen LogP contribution in [0.3, 0.4) is 0 Å². The minimum absolute atomic E-state index is 0. The van der Waals surface area contributed by atoms with Crippen LogP contribution in [0, 0.1) is 0 Å². The van der Waals surface area contributed by atoms with Gasteiger partial charge in [0.05, 0.1) is 0 Å². The van der Waals surface area contributed by atoms with Crippen LogP contribution in [0.5, 0.6) is 0 Å². The Labute approximate surface area is 113 Å². The number of rotatable bonds is 3. The summed E-state index contributed by atoms with van der Waals surface area (Å²) >= 11 is 0. The van der Waals surface area contributed by atoms with Gasteiger partial charge in [-0.25, -0.2) is 9.59 Å². The van der Waals surface area contributed by atoms with Crippen molar-refractivity contribution in [3.05, 3.63) is 0 Å². The van der Waals surface area contributed by atoms with Gasteiger partial charge < -0.3 is 53.3 Å². The van der Waals surface area contributed by atoms with Gasteiger partial charge in [0.1, 0.15) is 0 Å². The first-order valence-corrected chi connectivity index (χ1v) is 2.28. The van der Waals surface area contributed by atoms with E-state index in [1.165, 1.54) is 0 Å². The zero-order chi connectivity index (χ0) is 8.31. The molecule has 17 heavy (non-hydrogen) atoms. The van der Waals surface area contributed by atoms with Crippen LogP contribution in [0.25, 0.3) is 0 Å². The monoisotopic (exact) mass is 470 g/mol. The van der Waals surface area contributed by atoms with Crippen LogP contribution >= 0.6 is 0 Å². The van der Waals surface area contributed by atoms with Crippen molar-refractivity contribution in [1.29, 1.82) is 0 Å². The average molecular weight is 470 g/mol. The molecule has 0 saturated heterocycles. The quantitative estimate of drug-likeness (QED) is 0.290. The fourth-order valence-electron chi connectivity index (χ4n) is 0.270. The normalized spacial score (nSPS) is 9.29. The van der Waals surface area contributed by atoms with Crippen LogP contribution in [-0.4, -0.2) is 104 Å². The molecule has 0 saturated carbocycles. The van der Waals surface area contributed by atoms with Gasteiger partial charge >= 0.3 is 38.1 Å². The van der Waals surface area contributed by atoms with E-state index in [0.29, 0.717) is 0 Å². The molecule has 0 aromatic heterocycles. The molecule has 2 atom stereocenters. The molecule has 0 radical (unpaired) electrons. The summed E-state index contributed by atoms with van der Waals surface area (Å²) in [5, 5.41) is 32.5. The Kier molecular flexibility index (Phi) is 79.5. The molecule has 0 rings (SSSR count). The van der Waals surface area contributed by atoms with Gasteiger partial charge in [-0.3, -0.25) is 0 Å². The summed E-state index contributed by atoms with van der Waals surface area (Å²) < 4.78 is 0. The number of carboxylic acids is 2. The van der Waals surface area contributed by atoms with E-state index in [1.54, 1.807) is 0 Å². The Morgan fingerprint density at radius 3 is 0.824 bits per heavy atom. The van der Waals surface area contributed by atoms with Crippen molar-refractivity contribution in [1.82, 2.24) is 0 Å². The van der Waals surface area contributed by atoms with E-state index in [1.807, 2.05) is 0 Å². The van der Waals surface area contributed by atoms with Crippen molar-refractivity contribution in [3.8, 4) is 0 Å². The van der Waals surface area contributed by atoms with Gasteiger partial charge in [0.25, 0.3) is 0 Å². The molecule has 0 bridgehead atoms. The second-order valence-corrected chi connectivity index (χ2v) is 1.57. The average Bonchev–Trinajstić information content (AvgIpc) is 1.84. The molecule has 0 aromatic carbocycles. The molecule has 0 aliphatic rings. The van der Waals surface area contributed by atoms with Crippen LogP contribution in [-0.2, 0) is 9.59 Å². The maximum atomic E-state index is 9.77. The third kappa shape index (κ3) is 21.4. The fraction of sp³-hybridized carbons (Fsp3) is 0.500. The van der Waals surface area contributed by atoms with Gasteiger partial charge in [0.15, 0.2) is 12.2 Å². The Hall–Kier alpha value is -0.497. The first-order valence-electron chi connectivity index (χ1n) is 2.28. The van der Waals surface area contributed by atoms with E-state index in [-0.39, 0.29) is 59.1 Å². The number of carboxylic acid groups (broad SMARTS) is 2. The molecule has 0 aliphatic heterocycles.